The molecule has 0 aliphatic carbocycles. The number of aromatic nitrogens is 3. The smallest absolute Gasteiger partial charge is 0.162 e. The van der Waals surface area contributed by atoms with E-state index in [1.165, 1.54) is 0 Å². The van der Waals surface area contributed by atoms with E-state index in [0.29, 0.717) is 5.82 Å². The molecule has 5 aromatic rings. The van der Waals surface area contributed by atoms with E-state index in [2.05, 4.69) is 125 Å². The Morgan fingerprint density at radius 2 is 1.21 bits per heavy atom. The monoisotopic (exact) mass is 571 g/mol. The number of rotatable bonds is 13. The maximum Gasteiger partial charge on any atom is 0.162 e. The number of hydrogen-bond donors (Lipinski definition) is 0. The van der Waals surface area contributed by atoms with E-state index in [1.807, 2.05) is 30.6 Å². The highest BCUT2D eigenvalue weighted by molar-refractivity contribution is 5.94. The third-order valence-corrected chi connectivity index (χ3v) is 7.20. The summed E-state index contributed by atoms with van der Waals surface area (Å²) in [6, 6.07) is 29.2. The van der Waals surface area contributed by atoms with E-state index in [-0.39, 0.29) is 0 Å². The van der Waals surface area contributed by atoms with Gasteiger partial charge in [-0.15, -0.1) is 0 Å². The van der Waals surface area contributed by atoms with Gasteiger partial charge in [0.15, 0.2) is 5.82 Å². The Hall–Kier alpha value is -4.46. The fourth-order valence-corrected chi connectivity index (χ4v) is 4.90. The zero-order valence-corrected chi connectivity index (χ0v) is 25.7. The standard InChI is InChI=1S/C36H41N7/c1-41(2)23-8-21-37-26-28-12-16-30(17-13-28)34-33-20-25-43(32-10-6-5-7-11-32)36(33)40-35(39-34)31-18-14-29(15-19-31)27-38-22-9-24-42(3)4/h5-7,10-20,25-27H,8-9,21-24H2,1-4H3. The van der Waals surface area contributed by atoms with Crippen LogP contribution in [0.1, 0.15) is 24.0 Å². The zero-order valence-electron chi connectivity index (χ0n) is 25.7. The molecule has 0 amide bonds. The second kappa shape index (κ2) is 14.6. The van der Waals surface area contributed by atoms with Crippen molar-refractivity contribution in [1.29, 1.82) is 0 Å². The van der Waals surface area contributed by atoms with Gasteiger partial charge in [0, 0.05) is 53.9 Å². The summed E-state index contributed by atoms with van der Waals surface area (Å²) in [6.45, 7) is 3.72. The van der Waals surface area contributed by atoms with Crippen molar-refractivity contribution in [3.05, 3.63) is 102 Å². The molecule has 0 aliphatic heterocycles. The van der Waals surface area contributed by atoms with Crippen molar-refractivity contribution in [2.45, 2.75) is 12.8 Å². The van der Waals surface area contributed by atoms with E-state index in [4.69, 9.17) is 9.97 Å². The van der Waals surface area contributed by atoms with Crippen LogP contribution in [0.2, 0.25) is 0 Å². The third kappa shape index (κ3) is 8.09. The largest absolute Gasteiger partial charge is 0.309 e. The lowest BCUT2D eigenvalue weighted by molar-refractivity contribution is 0.403. The first-order chi connectivity index (χ1) is 21.0. The van der Waals surface area contributed by atoms with Crippen LogP contribution in [0.3, 0.4) is 0 Å². The van der Waals surface area contributed by atoms with E-state index >= 15 is 0 Å². The minimum absolute atomic E-state index is 0.694. The zero-order chi connectivity index (χ0) is 30.0. The van der Waals surface area contributed by atoms with Crippen molar-refractivity contribution in [3.63, 3.8) is 0 Å². The van der Waals surface area contributed by atoms with Gasteiger partial charge in [-0.05, 0) is 83.4 Å². The first-order valence-electron chi connectivity index (χ1n) is 14.9. The SMILES string of the molecule is CN(C)CCCN=Cc1ccc(-c2nc(-c3ccc(C=NCCCN(C)C)cc3)c3ccn(-c4ccccc4)c3n2)cc1. The van der Waals surface area contributed by atoms with Gasteiger partial charge in [-0.3, -0.25) is 9.98 Å². The van der Waals surface area contributed by atoms with Gasteiger partial charge in [0.2, 0.25) is 0 Å². The Bertz CT molecular complexity index is 1650. The summed E-state index contributed by atoms with van der Waals surface area (Å²) in [5, 5.41) is 1.01. The predicted octanol–water partition coefficient (Wildman–Crippen LogP) is 6.50. The molecule has 0 atom stereocenters. The fraction of sp³-hybridized carbons (Fsp3) is 0.278. The second-order valence-electron chi connectivity index (χ2n) is 11.3. The maximum atomic E-state index is 5.11. The van der Waals surface area contributed by atoms with Crippen LogP contribution in [0, 0.1) is 0 Å². The fourth-order valence-electron chi connectivity index (χ4n) is 4.90. The summed E-state index contributed by atoms with van der Waals surface area (Å²) in [5.41, 5.74) is 7.03. The van der Waals surface area contributed by atoms with Crippen LogP contribution in [0.5, 0.6) is 0 Å². The maximum absolute atomic E-state index is 5.11. The average molecular weight is 572 g/mol. The molecule has 7 nitrogen and oxygen atoms in total. The molecule has 0 bridgehead atoms. The minimum atomic E-state index is 0.694. The van der Waals surface area contributed by atoms with Gasteiger partial charge >= 0.3 is 0 Å². The van der Waals surface area contributed by atoms with Crippen LogP contribution in [0.4, 0.5) is 0 Å². The number of aliphatic imine (C=N–C) groups is 2. The lowest BCUT2D eigenvalue weighted by atomic mass is 10.1. The first kappa shape index (κ1) is 30.0. The van der Waals surface area contributed by atoms with Gasteiger partial charge in [0.05, 0.1) is 5.69 Å². The Morgan fingerprint density at radius 1 is 0.651 bits per heavy atom. The van der Waals surface area contributed by atoms with Crippen LogP contribution in [-0.2, 0) is 0 Å². The molecule has 0 spiro atoms. The normalized spacial score (nSPS) is 12.0. The van der Waals surface area contributed by atoms with Crippen LogP contribution < -0.4 is 0 Å². The van der Waals surface area contributed by atoms with Crippen LogP contribution in [-0.4, -0.2) is 91.1 Å². The molecule has 0 aliphatic rings. The van der Waals surface area contributed by atoms with Gasteiger partial charge in [-0.1, -0.05) is 66.7 Å². The third-order valence-electron chi connectivity index (χ3n) is 7.20. The topological polar surface area (TPSA) is 61.9 Å². The number of fused-ring (bicyclic) bond motifs is 1. The van der Waals surface area contributed by atoms with Crippen LogP contribution >= 0.6 is 0 Å². The van der Waals surface area contributed by atoms with Crippen molar-refractivity contribution in [2.75, 3.05) is 54.4 Å². The van der Waals surface area contributed by atoms with Crippen LogP contribution in [0.15, 0.2) is 101 Å². The number of hydrogen-bond acceptors (Lipinski definition) is 6. The summed E-state index contributed by atoms with van der Waals surface area (Å²) in [5.74, 6) is 0.694. The minimum Gasteiger partial charge on any atom is -0.309 e. The number of para-hydroxylation sites is 1. The van der Waals surface area contributed by atoms with E-state index < -0.39 is 0 Å². The molecule has 0 fully saturated rings. The molecule has 3 aromatic carbocycles. The Balaban J connectivity index is 1.45. The molecule has 0 saturated carbocycles. The van der Waals surface area contributed by atoms with E-state index in [0.717, 1.165) is 83.7 Å². The Kier molecular flexibility index (Phi) is 10.2. The molecule has 220 valence electrons. The summed E-state index contributed by atoms with van der Waals surface area (Å²) in [6.07, 6.45) is 8.07. The molecular weight excluding hydrogens is 530 g/mol. The predicted molar refractivity (Wildman–Crippen MR) is 181 cm³/mol. The first-order valence-corrected chi connectivity index (χ1v) is 14.9. The molecule has 0 N–H and O–H groups in total. The van der Waals surface area contributed by atoms with Gasteiger partial charge in [0.25, 0.3) is 0 Å². The van der Waals surface area contributed by atoms with E-state index in [1.54, 1.807) is 0 Å². The van der Waals surface area contributed by atoms with Crippen molar-refractivity contribution < 1.29 is 0 Å². The quantitative estimate of drug-likeness (QED) is 0.120. The Morgan fingerprint density at radius 3 is 1.77 bits per heavy atom. The Labute approximate surface area is 255 Å². The molecule has 7 heteroatoms. The van der Waals surface area contributed by atoms with Crippen LogP contribution in [0.25, 0.3) is 39.4 Å². The van der Waals surface area contributed by atoms with Crippen molar-refractivity contribution >= 4 is 23.5 Å². The summed E-state index contributed by atoms with van der Waals surface area (Å²) in [7, 11) is 8.35. The molecule has 43 heavy (non-hydrogen) atoms. The highest BCUT2D eigenvalue weighted by Gasteiger charge is 2.15. The lowest BCUT2D eigenvalue weighted by Crippen LogP contribution is -2.13. The van der Waals surface area contributed by atoms with Gasteiger partial charge in [0.1, 0.15) is 5.65 Å². The van der Waals surface area contributed by atoms with Crippen molar-refractivity contribution in [2.24, 2.45) is 9.98 Å². The molecule has 0 unspecified atom stereocenters. The second-order valence-corrected chi connectivity index (χ2v) is 11.3. The molecule has 0 radical (unpaired) electrons. The van der Waals surface area contributed by atoms with Crippen molar-refractivity contribution in [3.8, 4) is 28.3 Å². The molecular formula is C36H41N7. The lowest BCUT2D eigenvalue weighted by Gasteiger charge is -2.10. The number of benzene rings is 3. The average Bonchev–Trinajstić information content (AvgIpc) is 3.45. The highest BCUT2D eigenvalue weighted by atomic mass is 15.1. The van der Waals surface area contributed by atoms with Crippen molar-refractivity contribution in [1.82, 2.24) is 24.3 Å². The van der Waals surface area contributed by atoms with E-state index in [9.17, 15) is 0 Å². The summed E-state index contributed by atoms with van der Waals surface area (Å²) in [4.78, 5) is 23.8. The van der Waals surface area contributed by atoms with Gasteiger partial charge < -0.3 is 14.4 Å². The van der Waals surface area contributed by atoms with Gasteiger partial charge in [-0.2, -0.15) is 0 Å². The summed E-state index contributed by atoms with van der Waals surface area (Å²) >= 11 is 0. The molecule has 5 rings (SSSR count). The van der Waals surface area contributed by atoms with Gasteiger partial charge in [-0.25, -0.2) is 9.97 Å². The molecule has 2 aromatic heterocycles. The summed E-state index contributed by atoms with van der Waals surface area (Å²) < 4.78 is 2.13. The number of nitrogens with zero attached hydrogens (tertiary/aromatic N) is 7. The highest BCUT2D eigenvalue weighted by Crippen LogP contribution is 2.31. The molecule has 0 saturated heterocycles. The molecule has 2 heterocycles.